The van der Waals surface area contributed by atoms with Crippen molar-refractivity contribution in [3.05, 3.63) is 72.8 Å². The van der Waals surface area contributed by atoms with Crippen molar-refractivity contribution in [1.29, 1.82) is 0 Å². The molecule has 0 aliphatic carbocycles. The quantitative estimate of drug-likeness (QED) is 0.411. The molecule has 0 heterocycles. The summed E-state index contributed by atoms with van der Waals surface area (Å²) in [6, 6.07) is 20.9. The molecule has 0 saturated carbocycles. The van der Waals surface area contributed by atoms with E-state index in [-0.39, 0.29) is 17.1 Å². The van der Waals surface area contributed by atoms with E-state index in [2.05, 4.69) is 69.3 Å². The summed E-state index contributed by atoms with van der Waals surface area (Å²) < 4.78 is 11.8. The normalized spacial score (nSPS) is 13.5. The molecule has 0 aromatic heterocycles. The third-order valence-electron chi connectivity index (χ3n) is 4.57. The van der Waals surface area contributed by atoms with Crippen LogP contribution in [-0.2, 0) is 14.0 Å². The summed E-state index contributed by atoms with van der Waals surface area (Å²) in [6.45, 7) is 10.9. The van der Waals surface area contributed by atoms with Crippen LogP contribution in [-0.4, -0.2) is 27.0 Å². The smallest absolute Gasteiger partial charge is 0.330 e. The van der Waals surface area contributed by atoms with Crippen molar-refractivity contribution in [2.75, 3.05) is 6.61 Å². The monoisotopic (exact) mass is 382 g/mol. The molecular formula is C23H30O3Si. The largest absolute Gasteiger partial charge is 0.463 e. The number of hydrogen-bond donors (Lipinski definition) is 0. The summed E-state index contributed by atoms with van der Waals surface area (Å²) in [6.07, 6.45) is 3.03. The number of carbonyl (C=O) groups is 1. The fourth-order valence-corrected chi connectivity index (χ4v) is 8.06. The molecule has 3 nitrogen and oxygen atoms in total. The Bertz CT molecular complexity index is 709. The SMILES string of the molecule is CCOC(=O)/C=C/C(C)O[Si](c1ccccc1)(c1ccccc1)C(C)(C)C. The average Bonchev–Trinajstić information content (AvgIpc) is 2.65. The number of rotatable bonds is 7. The minimum atomic E-state index is -2.61. The van der Waals surface area contributed by atoms with E-state index in [0.717, 1.165) is 0 Å². The molecule has 27 heavy (non-hydrogen) atoms. The zero-order chi connectivity index (χ0) is 19.9. The van der Waals surface area contributed by atoms with Crippen molar-refractivity contribution in [1.82, 2.24) is 0 Å². The van der Waals surface area contributed by atoms with Gasteiger partial charge in [0.25, 0.3) is 8.32 Å². The molecule has 2 aromatic rings. The Kier molecular flexibility index (Phi) is 7.16. The van der Waals surface area contributed by atoms with Crippen LogP contribution in [0.5, 0.6) is 0 Å². The van der Waals surface area contributed by atoms with E-state index in [4.69, 9.17) is 9.16 Å². The first-order chi connectivity index (χ1) is 12.8. The second-order valence-electron chi connectivity index (χ2n) is 7.60. The van der Waals surface area contributed by atoms with Crippen LogP contribution in [0.15, 0.2) is 72.8 Å². The molecule has 0 aliphatic rings. The lowest BCUT2D eigenvalue weighted by atomic mass is 10.2. The van der Waals surface area contributed by atoms with E-state index in [9.17, 15) is 4.79 Å². The van der Waals surface area contributed by atoms with Crippen LogP contribution in [0.25, 0.3) is 0 Å². The molecule has 0 spiro atoms. The lowest BCUT2D eigenvalue weighted by molar-refractivity contribution is -0.137. The van der Waals surface area contributed by atoms with Gasteiger partial charge in [0.05, 0.1) is 12.7 Å². The Morgan fingerprint density at radius 1 is 1.00 bits per heavy atom. The summed E-state index contributed by atoms with van der Waals surface area (Å²) in [5, 5.41) is 2.35. The Morgan fingerprint density at radius 2 is 1.48 bits per heavy atom. The van der Waals surface area contributed by atoms with Gasteiger partial charge in [0.1, 0.15) is 0 Å². The topological polar surface area (TPSA) is 35.5 Å². The molecule has 4 heteroatoms. The number of carbonyl (C=O) groups excluding carboxylic acids is 1. The Labute approximate surface area is 164 Å². The third-order valence-corrected chi connectivity index (χ3v) is 9.70. The minimum Gasteiger partial charge on any atom is -0.463 e. The lowest BCUT2D eigenvalue weighted by Gasteiger charge is -2.44. The van der Waals surface area contributed by atoms with Gasteiger partial charge in [0.15, 0.2) is 0 Å². The van der Waals surface area contributed by atoms with Gasteiger partial charge in [-0.25, -0.2) is 4.79 Å². The number of benzene rings is 2. The molecular weight excluding hydrogens is 352 g/mol. The van der Waals surface area contributed by atoms with E-state index < -0.39 is 8.32 Å². The maximum atomic E-state index is 11.7. The summed E-state index contributed by atoms with van der Waals surface area (Å²) in [5.41, 5.74) is 0. The van der Waals surface area contributed by atoms with E-state index in [1.165, 1.54) is 16.4 Å². The molecule has 1 unspecified atom stereocenters. The third kappa shape index (κ3) is 4.96. The second kappa shape index (κ2) is 9.15. The summed E-state index contributed by atoms with van der Waals surface area (Å²) in [4.78, 5) is 11.7. The Morgan fingerprint density at radius 3 is 1.89 bits per heavy atom. The molecule has 2 aromatic carbocycles. The average molecular weight is 383 g/mol. The summed E-state index contributed by atoms with van der Waals surface area (Å²) in [5.74, 6) is -0.338. The highest BCUT2D eigenvalue weighted by Crippen LogP contribution is 2.37. The predicted octanol–water partition coefficient (Wildman–Crippen LogP) is 4.07. The maximum Gasteiger partial charge on any atom is 0.330 e. The van der Waals surface area contributed by atoms with E-state index in [1.807, 2.05) is 19.1 Å². The zero-order valence-corrected chi connectivity index (χ0v) is 17.9. The first kappa shape index (κ1) is 21.1. The van der Waals surface area contributed by atoms with E-state index in [1.54, 1.807) is 13.0 Å². The first-order valence-corrected chi connectivity index (χ1v) is 11.4. The number of ether oxygens (including phenoxy) is 1. The van der Waals surface area contributed by atoms with Crippen LogP contribution < -0.4 is 10.4 Å². The summed E-state index contributed by atoms with van der Waals surface area (Å²) in [7, 11) is -2.61. The van der Waals surface area contributed by atoms with Crippen LogP contribution in [0.1, 0.15) is 34.6 Å². The minimum absolute atomic E-state index is 0.0955. The molecule has 0 aliphatic heterocycles. The van der Waals surface area contributed by atoms with Crippen molar-refractivity contribution in [3.8, 4) is 0 Å². The van der Waals surface area contributed by atoms with Crippen LogP contribution in [0.4, 0.5) is 0 Å². The van der Waals surface area contributed by atoms with Crippen molar-refractivity contribution in [2.24, 2.45) is 0 Å². The second-order valence-corrected chi connectivity index (χ2v) is 11.9. The molecule has 0 N–H and O–H groups in total. The van der Waals surface area contributed by atoms with E-state index in [0.29, 0.717) is 6.61 Å². The zero-order valence-electron chi connectivity index (χ0n) is 16.9. The van der Waals surface area contributed by atoms with Gasteiger partial charge < -0.3 is 9.16 Å². The molecule has 0 amide bonds. The maximum absolute atomic E-state index is 11.7. The highest BCUT2D eigenvalue weighted by Gasteiger charge is 2.50. The van der Waals surface area contributed by atoms with Crippen LogP contribution in [0, 0.1) is 0 Å². The first-order valence-electron chi connectivity index (χ1n) is 9.45. The fourth-order valence-electron chi connectivity index (χ4n) is 3.41. The van der Waals surface area contributed by atoms with Crippen LogP contribution in [0.3, 0.4) is 0 Å². The van der Waals surface area contributed by atoms with Gasteiger partial charge in [-0.05, 0) is 29.3 Å². The standard InChI is InChI=1S/C23H30O3Si/c1-6-25-22(24)18-17-19(2)26-27(23(3,4)5,20-13-9-7-10-14-20)21-15-11-8-12-16-21/h7-19H,6H2,1-5H3/b18-17+. The van der Waals surface area contributed by atoms with Gasteiger partial charge in [0, 0.05) is 6.08 Å². The van der Waals surface area contributed by atoms with Gasteiger partial charge in [-0.15, -0.1) is 0 Å². The Hall–Kier alpha value is -2.17. The highest BCUT2D eigenvalue weighted by atomic mass is 28.4. The summed E-state index contributed by atoms with van der Waals surface area (Å²) >= 11 is 0. The van der Waals surface area contributed by atoms with Crippen molar-refractivity contribution in [2.45, 2.75) is 45.8 Å². The molecule has 0 fully saturated rings. The molecule has 0 radical (unpaired) electrons. The molecule has 2 rings (SSSR count). The lowest BCUT2D eigenvalue weighted by Crippen LogP contribution is -2.67. The van der Waals surface area contributed by atoms with Gasteiger partial charge in [-0.1, -0.05) is 87.5 Å². The van der Waals surface area contributed by atoms with Gasteiger partial charge >= 0.3 is 5.97 Å². The van der Waals surface area contributed by atoms with Gasteiger partial charge in [0.2, 0.25) is 0 Å². The van der Waals surface area contributed by atoms with Crippen LogP contribution >= 0.6 is 0 Å². The predicted molar refractivity (Wildman–Crippen MR) is 114 cm³/mol. The van der Waals surface area contributed by atoms with Gasteiger partial charge in [-0.2, -0.15) is 0 Å². The number of esters is 1. The van der Waals surface area contributed by atoms with Crippen LogP contribution in [0.2, 0.25) is 5.04 Å². The Balaban J connectivity index is 2.51. The van der Waals surface area contributed by atoms with Crippen molar-refractivity contribution >= 4 is 24.7 Å². The molecule has 0 bridgehead atoms. The highest BCUT2D eigenvalue weighted by molar-refractivity contribution is 6.99. The van der Waals surface area contributed by atoms with E-state index >= 15 is 0 Å². The van der Waals surface area contributed by atoms with Gasteiger partial charge in [-0.3, -0.25) is 0 Å². The molecule has 144 valence electrons. The van der Waals surface area contributed by atoms with Crippen molar-refractivity contribution in [3.63, 3.8) is 0 Å². The number of hydrogen-bond acceptors (Lipinski definition) is 3. The fraction of sp³-hybridized carbons (Fsp3) is 0.348. The van der Waals surface area contributed by atoms with Crippen molar-refractivity contribution < 1.29 is 14.0 Å². The molecule has 0 saturated heterocycles. The molecule has 1 atom stereocenters.